The van der Waals surface area contributed by atoms with Crippen molar-refractivity contribution in [2.24, 2.45) is 0 Å². The molecule has 0 aliphatic carbocycles. The number of rotatable bonds is 3. The van der Waals surface area contributed by atoms with Crippen molar-refractivity contribution in [3.05, 3.63) is 16.8 Å². The molecule has 0 amide bonds. The number of thiophene rings is 1. The Bertz CT molecular complexity index is 504. The Labute approximate surface area is 99.9 Å². The van der Waals surface area contributed by atoms with Crippen LogP contribution in [0, 0.1) is 13.8 Å². The van der Waals surface area contributed by atoms with Crippen LogP contribution in [0.15, 0.2) is 6.33 Å². The first kappa shape index (κ1) is 11.3. The molecular formula is C12H17N3S. The summed E-state index contributed by atoms with van der Waals surface area (Å²) in [7, 11) is 0. The molecule has 16 heavy (non-hydrogen) atoms. The van der Waals surface area contributed by atoms with Crippen molar-refractivity contribution < 1.29 is 0 Å². The fourth-order valence-corrected chi connectivity index (χ4v) is 2.62. The first-order valence-electron chi connectivity index (χ1n) is 5.60. The van der Waals surface area contributed by atoms with Crippen molar-refractivity contribution in [2.75, 3.05) is 5.32 Å². The summed E-state index contributed by atoms with van der Waals surface area (Å²) >= 11 is 1.74. The summed E-state index contributed by atoms with van der Waals surface area (Å²) in [4.78, 5) is 11.1. The number of nitrogens with one attached hydrogen (secondary N) is 1. The fourth-order valence-electron chi connectivity index (χ4n) is 1.63. The van der Waals surface area contributed by atoms with Crippen LogP contribution in [0.4, 0.5) is 5.82 Å². The Morgan fingerprint density at radius 3 is 2.81 bits per heavy atom. The van der Waals surface area contributed by atoms with Gasteiger partial charge in [-0.1, -0.05) is 6.92 Å². The van der Waals surface area contributed by atoms with Crippen LogP contribution in [-0.2, 0) is 0 Å². The van der Waals surface area contributed by atoms with Crippen molar-refractivity contribution in [1.29, 1.82) is 0 Å². The number of hydrogen-bond acceptors (Lipinski definition) is 4. The van der Waals surface area contributed by atoms with Gasteiger partial charge in [-0.15, -0.1) is 11.3 Å². The topological polar surface area (TPSA) is 37.8 Å². The highest BCUT2D eigenvalue weighted by Gasteiger charge is 2.12. The molecule has 0 saturated carbocycles. The van der Waals surface area contributed by atoms with Gasteiger partial charge in [-0.05, 0) is 32.8 Å². The molecule has 0 aromatic carbocycles. The molecule has 0 fully saturated rings. The van der Waals surface area contributed by atoms with Crippen molar-refractivity contribution in [1.82, 2.24) is 9.97 Å². The maximum absolute atomic E-state index is 4.35. The second-order valence-electron chi connectivity index (χ2n) is 4.14. The van der Waals surface area contributed by atoms with E-state index in [1.165, 1.54) is 15.8 Å². The lowest BCUT2D eigenvalue weighted by Gasteiger charge is -2.12. The molecule has 0 aliphatic rings. The molecule has 4 heteroatoms. The van der Waals surface area contributed by atoms with Crippen LogP contribution in [0.1, 0.15) is 30.7 Å². The zero-order valence-electron chi connectivity index (χ0n) is 10.2. The zero-order valence-corrected chi connectivity index (χ0v) is 11.0. The molecule has 1 N–H and O–H groups in total. The normalized spacial score (nSPS) is 13.0. The molecule has 2 aromatic rings. The molecule has 0 bridgehead atoms. The zero-order chi connectivity index (χ0) is 11.7. The van der Waals surface area contributed by atoms with Crippen molar-refractivity contribution >= 4 is 27.4 Å². The Hall–Kier alpha value is -1.16. The van der Waals surface area contributed by atoms with Crippen molar-refractivity contribution in [3.8, 4) is 0 Å². The van der Waals surface area contributed by atoms with E-state index in [0.29, 0.717) is 6.04 Å². The van der Waals surface area contributed by atoms with Gasteiger partial charge in [-0.3, -0.25) is 0 Å². The molecule has 1 atom stereocenters. The Kier molecular flexibility index (Phi) is 3.10. The summed E-state index contributed by atoms with van der Waals surface area (Å²) in [6, 6.07) is 0.442. The van der Waals surface area contributed by atoms with Gasteiger partial charge < -0.3 is 5.32 Å². The van der Waals surface area contributed by atoms with E-state index in [1.807, 2.05) is 0 Å². The van der Waals surface area contributed by atoms with Crippen LogP contribution in [0.5, 0.6) is 0 Å². The van der Waals surface area contributed by atoms with E-state index in [1.54, 1.807) is 17.7 Å². The van der Waals surface area contributed by atoms with Crippen LogP contribution in [0.3, 0.4) is 0 Å². The van der Waals surface area contributed by atoms with Gasteiger partial charge in [0.05, 0.1) is 5.39 Å². The lowest BCUT2D eigenvalue weighted by Crippen LogP contribution is -2.14. The van der Waals surface area contributed by atoms with E-state index >= 15 is 0 Å². The third-order valence-electron chi connectivity index (χ3n) is 2.96. The second kappa shape index (κ2) is 4.37. The van der Waals surface area contributed by atoms with Crippen molar-refractivity contribution in [2.45, 2.75) is 40.2 Å². The quantitative estimate of drug-likeness (QED) is 0.884. The molecule has 0 unspecified atom stereocenters. The van der Waals surface area contributed by atoms with Gasteiger partial charge in [0.2, 0.25) is 0 Å². The SMILES string of the molecule is CC[C@H](C)Nc1ncnc2sc(C)c(C)c12. The molecule has 86 valence electrons. The third kappa shape index (κ3) is 1.89. The molecule has 0 saturated heterocycles. The first-order chi connectivity index (χ1) is 7.63. The average Bonchev–Trinajstić information content (AvgIpc) is 2.56. The van der Waals surface area contributed by atoms with Crippen LogP contribution in [0.25, 0.3) is 10.2 Å². The van der Waals surface area contributed by atoms with Crippen molar-refractivity contribution in [3.63, 3.8) is 0 Å². The summed E-state index contributed by atoms with van der Waals surface area (Å²) in [6.07, 6.45) is 2.73. The highest BCUT2D eigenvalue weighted by atomic mass is 32.1. The van der Waals surface area contributed by atoms with E-state index in [-0.39, 0.29) is 0 Å². The van der Waals surface area contributed by atoms with Gasteiger partial charge in [0, 0.05) is 10.9 Å². The maximum Gasteiger partial charge on any atom is 0.138 e. The van der Waals surface area contributed by atoms with E-state index in [9.17, 15) is 0 Å². The minimum absolute atomic E-state index is 0.442. The number of nitrogens with zero attached hydrogens (tertiary/aromatic N) is 2. The molecule has 2 heterocycles. The van der Waals surface area contributed by atoms with Gasteiger partial charge in [0.15, 0.2) is 0 Å². The van der Waals surface area contributed by atoms with E-state index < -0.39 is 0 Å². The smallest absolute Gasteiger partial charge is 0.138 e. The lowest BCUT2D eigenvalue weighted by molar-refractivity contribution is 0.760. The number of hydrogen-bond donors (Lipinski definition) is 1. The highest BCUT2D eigenvalue weighted by Crippen LogP contribution is 2.32. The molecule has 2 aromatic heterocycles. The summed E-state index contributed by atoms with van der Waals surface area (Å²) in [5.41, 5.74) is 1.30. The van der Waals surface area contributed by atoms with Gasteiger partial charge >= 0.3 is 0 Å². The average molecular weight is 235 g/mol. The van der Waals surface area contributed by atoms with E-state index in [0.717, 1.165) is 17.1 Å². The van der Waals surface area contributed by atoms with E-state index in [2.05, 4.69) is 43.0 Å². The first-order valence-corrected chi connectivity index (χ1v) is 6.42. The molecule has 0 spiro atoms. The minimum atomic E-state index is 0.442. The molecular weight excluding hydrogens is 218 g/mol. The molecule has 0 radical (unpaired) electrons. The molecule has 0 aliphatic heterocycles. The van der Waals surface area contributed by atoms with Gasteiger partial charge in [0.25, 0.3) is 0 Å². The molecule has 2 rings (SSSR count). The third-order valence-corrected chi connectivity index (χ3v) is 4.08. The molecule has 3 nitrogen and oxygen atoms in total. The predicted molar refractivity (Wildman–Crippen MR) is 70.3 cm³/mol. The van der Waals surface area contributed by atoms with Gasteiger partial charge in [-0.25, -0.2) is 9.97 Å². The Morgan fingerprint density at radius 2 is 2.12 bits per heavy atom. The summed E-state index contributed by atoms with van der Waals surface area (Å²) in [5, 5.41) is 4.63. The summed E-state index contributed by atoms with van der Waals surface area (Å²) < 4.78 is 0. The van der Waals surface area contributed by atoms with E-state index in [4.69, 9.17) is 0 Å². The second-order valence-corrected chi connectivity index (χ2v) is 5.34. The Balaban J connectivity index is 2.52. The van der Waals surface area contributed by atoms with Gasteiger partial charge in [-0.2, -0.15) is 0 Å². The van der Waals surface area contributed by atoms with Crippen LogP contribution < -0.4 is 5.32 Å². The number of anilines is 1. The highest BCUT2D eigenvalue weighted by molar-refractivity contribution is 7.18. The predicted octanol–water partition coefficient (Wildman–Crippen LogP) is 3.52. The monoisotopic (exact) mass is 235 g/mol. The number of fused-ring (bicyclic) bond motifs is 1. The minimum Gasteiger partial charge on any atom is -0.367 e. The van der Waals surface area contributed by atoms with Crippen LogP contribution in [-0.4, -0.2) is 16.0 Å². The largest absolute Gasteiger partial charge is 0.367 e. The standard InChI is InChI=1S/C12H17N3S/c1-5-7(2)15-11-10-8(3)9(4)16-12(10)14-6-13-11/h6-7H,5H2,1-4H3,(H,13,14,15)/t7-/m0/s1. The fraction of sp³-hybridized carbons (Fsp3) is 0.500. The summed E-state index contributed by atoms with van der Waals surface area (Å²) in [6.45, 7) is 8.61. The number of aryl methyl sites for hydroxylation is 2. The Morgan fingerprint density at radius 1 is 1.38 bits per heavy atom. The summed E-state index contributed by atoms with van der Waals surface area (Å²) in [5.74, 6) is 0.973. The van der Waals surface area contributed by atoms with Gasteiger partial charge in [0.1, 0.15) is 17.0 Å². The van der Waals surface area contributed by atoms with Crippen LogP contribution in [0.2, 0.25) is 0 Å². The maximum atomic E-state index is 4.35. The lowest BCUT2D eigenvalue weighted by atomic mass is 10.2. The number of aromatic nitrogens is 2. The van der Waals surface area contributed by atoms with Crippen LogP contribution >= 0.6 is 11.3 Å².